The molecular weight excluding hydrogens is 266 g/mol. The van der Waals surface area contributed by atoms with Crippen LogP contribution in [0.3, 0.4) is 0 Å². The largest absolute Gasteiger partial charge is 0.297 e. The topological polar surface area (TPSA) is 20.3 Å². The number of Topliss-reactive ketones (excluding diaryl/α,β-unsaturated/α-hetero) is 1. The van der Waals surface area contributed by atoms with E-state index in [0.29, 0.717) is 5.78 Å². The lowest BCUT2D eigenvalue weighted by molar-refractivity contribution is 0.0566. The Hall–Kier alpha value is -1.19. The van der Waals surface area contributed by atoms with Gasteiger partial charge in [0.25, 0.3) is 0 Å². The third kappa shape index (κ3) is 2.09. The number of rotatable bonds is 3. The van der Waals surface area contributed by atoms with Crippen LogP contribution < -0.4 is 0 Å². The van der Waals surface area contributed by atoms with Gasteiger partial charge in [-0.1, -0.05) is 31.4 Å². The summed E-state index contributed by atoms with van der Waals surface area (Å²) in [5.41, 5.74) is 0.615. The zero-order valence-corrected chi connectivity index (χ0v) is 13.0. The lowest BCUT2D eigenvalue weighted by Gasteiger charge is -2.41. The molecule has 0 bridgehead atoms. The summed E-state index contributed by atoms with van der Waals surface area (Å²) in [5.74, 6) is 0.315. The number of hydrogen-bond acceptors (Lipinski definition) is 3. The summed E-state index contributed by atoms with van der Waals surface area (Å²) in [7, 11) is 4.11. The predicted octanol–water partition coefficient (Wildman–Crippen LogP) is 4.35. The summed E-state index contributed by atoms with van der Waals surface area (Å²) in [5, 5.41) is 3.26. The first-order valence-electron chi connectivity index (χ1n) is 7.34. The third-order valence-electron chi connectivity index (χ3n) is 4.68. The number of carbonyl (C=O) groups excluding carboxylic acids is 1. The fourth-order valence-electron chi connectivity index (χ4n) is 3.44. The molecular formula is C17H21NOS. The minimum atomic E-state index is -0.295. The number of hydrogen-bond donors (Lipinski definition) is 0. The summed E-state index contributed by atoms with van der Waals surface area (Å²) in [6, 6.07) is 8.20. The van der Waals surface area contributed by atoms with Crippen molar-refractivity contribution in [3.63, 3.8) is 0 Å². The molecule has 0 unspecified atom stereocenters. The van der Waals surface area contributed by atoms with Gasteiger partial charge in [0.15, 0.2) is 5.78 Å². The first-order chi connectivity index (χ1) is 9.65. The first-order valence-corrected chi connectivity index (χ1v) is 8.21. The van der Waals surface area contributed by atoms with E-state index in [1.54, 1.807) is 11.3 Å². The van der Waals surface area contributed by atoms with Crippen molar-refractivity contribution in [2.24, 2.45) is 0 Å². The van der Waals surface area contributed by atoms with Crippen molar-refractivity contribution in [1.29, 1.82) is 0 Å². The highest BCUT2D eigenvalue weighted by atomic mass is 32.1. The number of fused-ring (bicyclic) bond motifs is 1. The van der Waals surface area contributed by atoms with E-state index < -0.39 is 0 Å². The molecule has 2 nitrogen and oxygen atoms in total. The average molecular weight is 287 g/mol. The van der Waals surface area contributed by atoms with Gasteiger partial charge in [0.1, 0.15) is 0 Å². The van der Waals surface area contributed by atoms with Gasteiger partial charge in [-0.3, -0.25) is 9.69 Å². The van der Waals surface area contributed by atoms with Crippen LogP contribution in [0.5, 0.6) is 0 Å². The fourth-order valence-corrected chi connectivity index (χ4v) is 4.35. The Bertz CT molecular complexity index is 623. The minimum Gasteiger partial charge on any atom is -0.297 e. The van der Waals surface area contributed by atoms with Gasteiger partial charge in [-0.05, 0) is 49.8 Å². The van der Waals surface area contributed by atoms with Crippen LogP contribution in [0, 0.1) is 0 Å². The molecule has 0 aliphatic heterocycles. The monoisotopic (exact) mass is 287 g/mol. The molecule has 1 saturated carbocycles. The lowest BCUT2D eigenvalue weighted by Crippen LogP contribution is -2.52. The van der Waals surface area contributed by atoms with Gasteiger partial charge in [-0.25, -0.2) is 0 Å². The van der Waals surface area contributed by atoms with Crippen molar-refractivity contribution in [2.75, 3.05) is 14.1 Å². The Labute approximate surface area is 124 Å². The number of likely N-dealkylation sites (N-methyl/N-ethyl adjacent to an activating group) is 1. The Morgan fingerprint density at radius 3 is 2.60 bits per heavy atom. The summed E-state index contributed by atoms with van der Waals surface area (Å²) in [4.78, 5) is 15.4. The number of nitrogens with zero attached hydrogens (tertiary/aromatic N) is 1. The van der Waals surface area contributed by atoms with E-state index in [1.165, 1.54) is 11.8 Å². The van der Waals surface area contributed by atoms with Crippen molar-refractivity contribution < 1.29 is 4.79 Å². The van der Waals surface area contributed by atoms with Crippen LogP contribution in [-0.2, 0) is 0 Å². The SMILES string of the molecule is CN(C)C1(C(=O)c2cccc3ccsc23)CCCCC1. The Morgan fingerprint density at radius 1 is 1.15 bits per heavy atom. The van der Waals surface area contributed by atoms with Gasteiger partial charge in [-0.15, -0.1) is 11.3 Å². The molecule has 3 rings (SSSR count). The second-order valence-electron chi connectivity index (χ2n) is 5.96. The van der Waals surface area contributed by atoms with Crippen LogP contribution >= 0.6 is 11.3 Å². The molecule has 0 N–H and O–H groups in total. The maximum atomic E-state index is 13.2. The van der Waals surface area contributed by atoms with Crippen LogP contribution in [0.4, 0.5) is 0 Å². The van der Waals surface area contributed by atoms with E-state index in [2.05, 4.69) is 36.5 Å². The number of thiophene rings is 1. The van der Waals surface area contributed by atoms with Gasteiger partial charge in [0, 0.05) is 10.3 Å². The zero-order valence-electron chi connectivity index (χ0n) is 12.2. The Balaban J connectivity index is 2.08. The highest BCUT2D eigenvalue weighted by molar-refractivity contribution is 7.17. The number of benzene rings is 1. The number of carbonyl (C=O) groups is 1. The molecule has 2 aromatic rings. The lowest BCUT2D eigenvalue weighted by atomic mass is 9.75. The molecule has 1 aromatic heterocycles. The molecule has 106 valence electrons. The normalized spacial score (nSPS) is 18.6. The van der Waals surface area contributed by atoms with Gasteiger partial charge in [0.2, 0.25) is 0 Å². The molecule has 1 aliphatic carbocycles. The molecule has 3 heteroatoms. The molecule has 0 radical (unpaired) electrons. The van der Waals surface area contributed by atoms with Crippen LogP contribution in [0.2, 0.25) is 0 Å². The molecule has 20 heavy (non-hydrogen) atoms. The standard InChI is InChI=1S/C17H21NOS/c1-18(2)17(10-4-3-5-11-17)16(19)14-8-6-7-13-9-12-20-15(13)14/h6-9,12H,3-5,10-11H2,1-2H3. The molecule has 0 saturated heterocycles. The van der Waals surface area contributed by atoms with Crippen LogP contribution in [0.25, 0.3) is 10.1 Å². The van der Waals surface area contributed by atoms with Crippen molar-refractivity contribution in [3.8, 4) is 0 Å². The van der Waals surface area contributed by atoms with E-state index in [1.807, 2.05) is 12.1 Å². The predicted molar refractivity (Wildman–Crippen MR) is 85.7 cm³/mol. The van der Waals surface area contributed by atoms with Gasteiger partial charge >= 0.3 is 0 Å². The van der Waals surface area contributed by atoms with E-state index >= 15 is 0 Å². The summed E-state index contributed by atoms with van der Waals surface area (Å²) in [6.07, 6.45) is 5.54. The highest BCUT2D eigenvalue weighted by Crippen LogP contribution is 2.37. The van der Waals surface area contributed by atoms with E-state index in [4.69, 9.17) is 0 Å². The molecule has 0 spiro atoms. The van der Waals surface area contributed by atoms with Gasteiger partial charge in [-0.2, -0.15) is 0 Å². The van der Waals surface area contributed by atoms with E-state index in [-0.39, 0.29) is 5.54 Å². The molecule has 1 fully saturated rings. The van der Waals surface area contributed by atoms with Crippen LogP contribution in [-0.4, -0.2) is 30.3 Å². The van der Waals surface area contributed by atoms with Crippen LogP contribution in [0.15, 0.2) is 29.6 Å². The summed E-state index contributed by atoms with van der Waals surface area (Å²) < 4.78 is 1.14. The van der Waals surface area contributed by atoms with E-state index in [0.717, 1.165) is 35.9 Å². The molecule has 1 heterocycles. The molecule has 0 atom stereocenters. The van der Waals surface area contributed by atoms with Gasteiger partial charge < -0.3 is 0 Å². The average Bonchev–Trinajstić information content (AvgIpc) is 2.95. The van der Waals surface area contributed by atoms with Crippen LogP contribution in [0.1, 0.15) is 42.5 Å². The second kappa shape index (κ2) is 5.30. The van der Waals surface area contributed by atoms with E-state index in [9.17, 15) is 4.79 Å². The first kappa shape index (κ1) is 13.8. The Morgan fingerprint density at radius 2 is 1.90 bits per heavy atom. The fraction of sp³-hybridized carbons (Fsp3) is 0.471. The number of ketones is 1. The smallest absolute Gasteiger partial charge is 0.184 e. The quantitative estimate of drug-likeness (QED) is 0.782. The minimum absolute atomic E-state index is 0.295. The summed E-state index contributed by atoms with van der Waals surface area (Å²) in [6.45, 7) is 0. The van der Waals surface area contributed by atoms with Crippen molar-refractivity contribution in [1.82, 2.24) is 4.90 Å². The highest BCUT2D eigenvalue weighted by Gasteiger charge is 2.42. The molecule has 1 aromatic carbocycles. The third-order valence-corrected chi connectivity index (χ3v) is 5.65. The van der Waals surface area contributed by atoms with Crippen molar-refractivity contribution in [3.05, 3.63) is 35.2 Å². The maximum absolute atomic E-state index is 13.2. The summed E-state index contributed by atoms with van der Waals surface area (Å²) >= 11 is 1.68. The second-order valence-corrected chi connectivity index (χ2v) is 6.88. The van der Waals surface area contributed by atoms with Crippen molar-refractivity contribution in [2.45, 2.75) is 37.6 Å². The van der Waals surface area contributed by atoms with Gasteiger partial charge in [0.05, 0.1) is 5.54 Å². The Kier molecular flexibility index (Phi) is 3.65. The van der Waals surface area contributed by atoms with Crippen molar-refractivity contribution >= 4 is 27.2 Å². The molecule has 0 amide bonds. The molecule has 1 aliphatic rings. The maximum Gasteiger partial charge on any atom is 0.184 e. The zero-order chi connectivity index (χ0) is 14.2.